The van der Waals surface area contributed by atoms with Crippen molar-refractivity contribution >= 4 is 28.9 Å². The zero-order chi connectivity index (χ0) is 26.6. The third kappa shape index (κ3) is 6.93. The van der Waals surface area contributed by atoms with Crippen LogP contribution in [0.5, 0.6) is 5.75 Å². The zero-order valence-electron chi connectivity index (χ0n) is 21.0. The van der Waals surface area contributed by atoms with Gasteiger partial charge in [0, 0.05) is 49.0 Å². The van der Waals surface area contributed by atoms with E-state index in [2.05, 4.69) is 14.8 Å². The van der Waals surface area contributed by atoms with E-state index in [0.717, 1.165) is 17.8 Å². The number of hydrogen-bond acceptors (Lipinski definition) is 7. The second-order valence-electron chi connectivity index (χ2n) is 9.76. The van der Waals surface area contributed by atoms with Crippen LogP contribution >= 0.6 is 23.2 Å². The molecule has 3 N–H and O–H groups in total. The first-order valence-electron chi connectivity index (χ1n) is 12.3. The Bertz CT molecular complexity index is 1170. The number of rotatable bonds is 9. The van der Waals surface area contributed by atoms with E-state index in [1.54, 1.807) is 32.2 Å². The Morgan fingerprint density at radius 1 is 1.08 bits per heavy atom. The standard InChI is InChI=1S/C28H33Cl2N3O4/c1-28(2,36)27-10-5-20(16-31-27)26(35)18-32-11-12-33(25(17-32)19-3-6-21(29)7-4-19)24-9-8-22(15-23(24)30)37-14-13-34/h3-10,15-16,25-26,34-36H,11-14,17-18H2,1-2H3/t25-,26?/m0/s1. The molecule has 1 unspecified atom stereocenters. The van der Waals surface area contributed by atoms with Crippen LogP contribution in [0.25, 0.3) is 0 Å². The molecule has 2 atom stereocenters. The Morgan fingerprint density at radius 2 is 1.84 bits per heavy atom. The SMILES string of the molecule is CC(C)(O)c1ccc(C(O)CN2CCN(c3ccc(OCCO)cc3Cl)[C@H](c3ccc(Cl)cc3)C2)cn1. The molecule has 1 saturated heterocycles. The van der Waals surface area contributed by atoms with Gasteiger partial charge in [-0.1, -0.05) is 41.4 Å². The molecule has 0 spiro atoms. The fourth-order valence-electron chi connectivity index (χ4n) is 4.55. The molecular formula is C28H33Cl2N3O4. The molecule has 7 nitrogen and oxygen atoms in total. The zero-order valence-corrected chi connectivity index (χ0v) is 22.5. The number of piperazine rings is 1. The summed E-state index contributed by atoms with van der Waals surface area (Å²) >= 11 is 12.8. The predicted octanol–water partition coefficient (Wildman–Crippen LogP) is 4.58. The van der Waals surface area contributed by atoms with Crippen LogP contribution in [0.4, 0.5) is 5.69 Å². The first-order valence-corrected chi connectivity index (χ1v) is 13.1. The minimum Gasteiger partial charge on any atom is -0.491 e. The molecule has 1 fully saturated rings. The van der Waals surface area contributed by atoms with Gasteiger partial charge in [0.1, 0.15) is 18.0 Å². The van der Waals surface area contributed by atoms with Crippen molar-refractivity contribution in [3.8, 4) is 5.75 Å². The monoisotopic (exact) mass is 545 g/mol. The number of ether oxygens (including phenoxy) is 1. The Labute approximate surface area is 227 Å². The van der Waals surface area contributed by atoms with Gasteiger partial charge < -0.3 is 25.0 Å². The van der Waals surface area contributed by atoms with Crippen molar-refractivity contribution in [2.45, 2.75) is 31.6 Å². The van der Waals surface area contributed by atoms with Gasteiger partial charge in [-0.3, -0.25) is 9.88 Å². The number of hydrogen-bond donors (Lipinski definition) is 3. The lowest BCUT2D eigenvalue weighted by atomic mass is 10.00. The Kier molecular flexibility index (Phi) is 8.95. The molecule has 4 rings (SSSR count). The smallest absolute Gasteiger partial charge is 0.121 e. The summed E-state index contributed by atoms with van der Waals surface area (Å²) in [6.45, 7) is 6.07. The fourth-order valence-corrected chi connectivity index (χ4v) is 4.96. The van der Waals surface area contributed by atoms with E-state index in [-0.39, 0.29) is 19.3 Å². The van der Waals surface area contributed by atoms with Gasteiger partial charge in [0.2, 0.25) is 0 Å². The van der Waals surface area contributed by atoms with Crippen LogP contribution in [0, 0.1) is 0 Å². The third-order valence-corrected chi connectivity index (χ3v) is 7.09. The first-order chi connectivity index (χ1) is 17.7. The number of aliphatic hydroxyl groups excluding tert-OH is 2. The van der Waals surface area contributed by atoms with Crippen LogP contribution in [0.1, 0.15) is 42.8 Å². The Balaban J connectivity index is 1.53. The van der Waals surface area contributed by atoms with E-state index in [4.69, 9.17) is 33.0 Å². The highest BCUT2D eigenvalue weighted by molar-refractivity contribution is 6.33. The van der Waals surface area contributed by atoms with Gasteiger partial charge in [0.05, 0.1) is 35.2 Å². The minimum atomic E-state index is -1.03. The van der Waals surface area contributed by atoms with Gasteiger partial charge in [-0.15, -0.1) is 0 Å². The minimum absolute atomic E-state index is 0.0179. The van der Waals surface area contributed by atoms with Crippen molar-refractivity contribution in [2.75, 3.05) is 44.3 Å². The van der Waals surface area contributed by atoms with Crippen LogP contribution in [0.15, 0.2) is 60.8 Å². The predicted molar refractivity (Wildman–Crippen MR) is 146 cm³/mol. The van der Waals surface area contributed by atoms with Crippen LogP contribution in [0.3, 0.4) is 0 Å². The van der Waals surface area contributed by atoms with Crippen molar-refractivity contribution in [2.24, 2.45) is 0 Å². The molecular weight excluding hydrogens is 513 g/mol. The van der Waals surface area contributed by atoms with Gasteiger partial charge in [0.25, 0.3) is 0 Å². The number of β-amino-alcohol motifs (C(OH)–C–C–N with tert-alkyl or cyclic N) is 1. The van der Waals surface area contributed by atoms with E-state index >= 15 is 0 Å². The number of anilines is 1. The number of nitrogens with zero attached hydrogens (tertiary/aromatic N) is 3. The Hall–Kier alpha value is -2.39. The molecule has 3 aromatic rings. The second-order valence-corrected chi connectivity index (χ2v) is 10.6. The molecule has 0 aliphatic carbocycles. The summed E-state index contributed by atoms with van der Waals surface area (Å²) in [5.41, 5.74) is 2.22. The average Bonchev–Trinajstić information content (AvgIpc) is 2.88. The summed E-state index contributed by atoms with van der Waals surface area (Å²) < 4.78 is 5.51. The topological polar surface area (TPSA) is 89.3 Å². The van der Waals surface area contributed by atoms with Crippen molar-refractivity contribution < 1.29 is 20.1 Å². The summed E-state index contributed by atoms with van der Waals surface area (Å²) in [6, 6.07) is 16.9. The Morgan fingerprint density at radius 3 is 2.46 bits per heavy atom. The van der Waals surface area contributed by atoms with Gasteiger partial charge in [-0.05, 0) is 49.7 Å². The van der Waals surface area contributed by atoms with Crippen LogP contribution < -0.4 is 9.64 Å². The number of pyridine rings is 1. The fraction of sp³-hybridized carbons (Fsp3) is 0.393. The molecule has 198 valence electrons. The van der Waals surface area contributed by atoms with Crippen molar-refractivity contribution in [1.82, 2.24) is 9.88 Å². The maximum Gasteiger partial charge on any atom is 0.121 e. The molecule has 1 aliphatic heterocycles. The quantitative estimate of drug-likeness (QED) is 0.362. The molecule has 1 aliphatic rings. The number of halogens is 2. The van der Waals surface area contributed by atoms with Gasteiger partial charge in [0.15, 0.2) is 0 Å². The lowest BCUT2D eigenvalue weighted by Crippen LogP contribution is -2.49. The molecule has 0 bridgehead atoms. The molecule has 37 heavy (non-hydrogen) atoms. The first kappa shape index (κ1) is 27.6. The van der Waals surface area contributed by atoms with Crippen LogP contribution in [-0.2, 0) is 5.60 Å². The van der Waals surface area contributed by atoms with Gasteiger partial charge in [-0.25, -0.2) is 0 Å². The highest BCUT2D eigenvalue weighted by Gasteiger charge is 2.31. The van der Waals surface area contributed by atoms with E-state index < -0.39 is 11.7 Å². The van der Waals surface area contributed by atoms with E-state index in [9.17, 15) is 10.2 Å². The van der Waals surface area contributed by atoms with Crippen molar-refractivity contribution in [3.63, 3.8) is 0 Å². The maximum absolute atomic E-state index is 11.0. The van der Waals surface area contributed by atoms with E-state index in [1.807, 2.05) is 42.5 Å². The van der Waals surface area contributed by atoms with Crippen LogP contribution in [-0.4, -0.2) is 64.6 Å². The maximum atomic E-state index is 11.0. The highest BCUT2D eigenvalue weighted by atomic mass is 35.5. The molecule has 0 amide bonds. The van der Waals surface area contributed by atoms with Gasteiger partial charge >= 0.3 is 0 Å². The molecule has 9 heteroatoms. The summed E-state index contributed by atoms with van der Waals surface area (Å²) in [5.74, 6) is 0.608. The molecule has 0 saturated carbocycles. The van der Waals surface area contributed by atoms with Gasteiger partial charge in [-0.2, -0.15) is 0 Å². The average molecular weight is 546 g/mol. The van der Waals surface area contributed by atoms with Crippen molar-refractivity contribution in [3.05, 3.63) is 87.7 Å². The largest absolute Gasteiger partial charge is 0.491 e. The van der Waals surface area contributed by atoms with E-state index in [1.165, 1.54) is 0 Å². The molecule has 2 aromatic carbocycles. The summed E-state index contributed by atoms with van der Waals surface area (Å²) in [7, 11) is 0. The third-order valence-electron chi connectivity index (χ3n) is 6.54. The molecule has 1 aromatic heterocycles. The van der Waals surface area contributed by atoms with E-state index in [0.29, 0.717) is 46.7 Å². The highest BCUT2D eigenvalue weighted by Crippen LogP contribution is 2.37. The molecule has 2 heterocycles. The second kappa shape index (κ2) is 12.0. The summed E-state index contributed by atoms with van der Waals surface area (Å²) in [4.78, 5) is 8.83. The number of benzene rings is 2. The lowest BCUT2D eigenvalue weighted by molar-refractivity contribution is 0.0732. The summed E-state index contributed by atoms with van der Waals surface area (Å²) in [6.07, 6.45) is 0.915. The van der Waals surface area contributed by atoms with Crippen molar-refractivity contribution in [1.29, 1.82) is 0 Å². The summed E-state index contributed by atoms with van der Waals surface area (Å²) in [5, 5.41) is 31.4. The van der Waals surface area contributed by atoms with Crippen LogP contribution in [0.2, 0.25) is 10.0 Å². The normalized spacial score (nSPS) is 17.6. The number of aliphatic hydroxyl groups is 3. The number of aromatic nitrogens is 1. The molecule has 0 radical (unpaired) electrons. The lowest BCUT2D eigenvalue weighted by Gasteiger charge is -2.44.